The molecule has 0 radical (unpaired) electrons. The Hall–Kier alpha value is -2.65. The summed E-state index contributed by atoms with van der Waals surface area (Å²) in [4.78, 5) is 20.8. The monoisotopic (exact) mass is 388 g/mol. The summed E-state index contributed by atoms with van der Waals surface area (Å²) >= 11 is 0. The number of H-pyrrole nitrogens is 1. The summed E-state index contributed by atoms with van der Waals surface area (Å²) in [5.74, 6) is 2.18. The van der Waals surface area contributed by atoms with E-state index in [0.29, 0.717) is 43.4 Å². The van der Waals surface area contributed by atoms with Crippen molar-refractivity contribution in [1.29, 1.82) is 0 Å². The molecule has 9 heteroatoms. The number of aromatic nitrogens is 2. The lowest BCUT2D eigenvalue weighted by Crippen LogP contribution is -2.43. The number of nitrogens with zero attached hydrogens (tertiary/aromatic N) is 3. The zero-order chi connectivity index (χ0) is 19.5. The van der Waals surface area contributed by atoms with E-state index in [1.165, 1.54) is 0 Å². The Morgan fingerprint density at radius 3 is 2.29 bits per heavy atom. The van der Waals surface area contributed by atoms with E-state index in [4.69, 9.17) is 14.0 Å². The number of carbonyl (C=O) groups is 1. The number of hydrogen-bond donors (Lipinski definition) is 1. The summed E-state index contributed by atoms with van der Waals surface area (Å²) in [5, 5.41) is 6.90. The van der Waals surface area contributed by atoms with E-state index in [2.05, 4.69) is 25.3 Å². The maximum atomic E-state index is 12.8. The third kappa shape index (κ3) is 3.81. The van der Waals surface area contributed by atoms with Crippen LogP contribution in [-0.4, -0.2) is 63.7 Å². The molecule has 1 amide bonds. The van der Waals surface area contributed by atoms with E-state index >= 15 is 0 Å². The SMILES string of the molecule is Cc1noc(C)c1C(=O)Nc1ccc(N2CCOCC2)[nH+]c1N1CCOCC1. The number of morpholine rings is 2. The number of pyridine rings is 1. The number of anilines is 3. The molecule has 0 unspecified atom stereocenters. The normalized spacial score (nSPS) is 17.6. The fraction of sp³-hybridized carbons (Fsp3) is 0.526. The summed E-state index contributed by atoms with van der Waals surface area (Å²) in [6.07, 6.45) is 0. The lowest BCUT2D eigenvalue weighted by molar-refractivity contribution is -0.350. The van der Waals surface area contributed by atoms with Gasteiger partial charge in [-0.15, -0.1) is 0 Å². The molecule has 0 spiro atoms. The second-order valence-corrected chi connectivity index (χ2v) is 6.96. The van der Waals surface area contributed by atoms with Crippen LogP contribution >= 0.6 is 0 Å². The first-order valence-corrected chi connectivity index (χ1v) is 9.59. The molecule has 0 atom stereocenters. The largest absolute Gasteiger partial charge is 0.375 e. The van der Waals surface area contributed by atoms with Crippen LogP contribution in [0.1, 0.15) is 21.8 Å². The molecule has 2 aliphatic rings. The van der Waals surface area contributed by atoms with Crippen molar-refractivity contribution < 1.29 is 23.8 Å². The summed E-state index contributed by atoms with van der Waals surface area (Å²) < 4.78 is 16.1. The van der Waals surface area contributed by atoms with Crippen LogP contribution in [0.5, 0.6) is 0 Å². The van der Waals surface area contributed by atoms with Gasteiger partial charge < -0.3 is 19.3 Å². The second-order valence-electron chi connectivity index (χ2n) is 6.96. The Morgan fingerprint density at radius 2 is 1.68 bits per heavy atom. The highest BCUT2D eigenvalue weighted by Gasteiger charge is 2.26. The highest BCUT2D eigenvalue weighted by molar-refractivity contribution is 6.06. The Kier molecular flexibility index (Phi) is 5.45. The molecule has 2 aromatic heterocycles. The van der Waals surface area contributed by atoms with E-state index in [1.807, 2.05) is 12.1 Å². The van der Waals surface area contributed by atoms with Crippen molar-refractivity contribution in [3.05, 3.63) is 29.2 Å². The van der Waals surface area contributed by atoms with Gasteiger partial charge in [0.15, 0.2) is 0 Å². The van der Waals surface area contributed by atoms with E-state index in [-0.39, 0.29) is 5.91 Å². The zero-order valence-electron chi connectivity index (χ0n) is 16.3. The molecule has 2 N–H and O–H groups in total. The van der Waals surface area contributed by atoms with Gasteiger partial charge in [0.1, 0.15) is 17.0 Å². The molecule has 4 heterocycles. The average molecular weight is 388 g/mol. The fourth-order valence-electron chi connectivity index (χ4n) is 3.59. The Morgan fingerprint density at radius 1 is 1.04 bits per heavy atom. The topological polar surface area (TPSA) is 94.2 Å². The summed E-state index contributed by atoms with van der Waals surface area (Å²) in [5.41, 5.74) is 1.78. The van der Waals surface area contributed by atoms with Gasteiger partial charge >= 0.3 is 0 Å². The summed E-state index contributed by atoms with van der Waals surface area (Å²) in [7, 11) is 0. The first-order valence-electron chi connectivity index (χ1n) is 9.59. The minimum Gasteiger partial charge on any atom is -0.375 e. The molecule has 0 aliphatic carbocycles. The minimum atomic E-state index is -0.224. The highest BCUT2D eigenvalue weighted by Crippen LogP contribution is 2.26. The van der Waals surface area contributed by atoms with E-state index in [9.17, 15) is 4.79 Å². The van der Waals surface area contributed by atoms with Crippen LogP contribution in [0.25, 0.3) is 0 Å². The number of ether oxygens (including phenoxy) is 2. The number of rotatable bonds is 4. The van der Waals surface area contributed by atoms with Crippen LogP contribution in [0, 0.1) is 13.8 Å². The van der Waals surface area contributed by atoms with E-state index in [0.717, 1.165) is 43.5 Å². The van der Waals surface area contributed by atoms with Gasteiger partial charge in [-0.25, -0.2) is 4.98 Å². The molecular formula is C19H26N5O4+. The Balaban J connectivity index is 1.64. The maximum Gasteiger partial charge on any atom is 0.261 e. The van der Waals surface area contributed by atoms with Gasteiger partial charge in [-0.1, -0.05) is 5.16 Å². The van der Waals surface area contributed by atoms with Crippen LogP contribution in [-0.2, 0) is 9.47 Å². The quantitative estimate of drug-likeness (QED) is 0.836. The van der Waals surface area contributed by atoms with Crippen molar-refractivity contribution in [2.45, 2.75) is 13.8 Å². The summed E-state index contributed by atoms with van der Waals surface area (Å²) in [6, 6.07) is 3.94. The van der Waals surface area contributed by atoms with Crippen molar-refractivity contribution >= 4 is 23.2 Å². The van der Waals surface area contributed by atoms with Gasteiger partial charge in [0.05, 0.1) is 58.3 Å². The van der Waals surface area contributed by atoms with Crippen molar-refractivity contribution in [2.75, 3.05) is 67.7 Å². The molecule has 0 saturated carbocycles. The zero-order valence-corrected chi connectivity index (χ0v) is 16.3. The lowest BCUT2D eigenvalue weighted by Gasteiger charge is -2.28. The maximum absolute atomic E-state index is 12.8. The van der Waals surface area contributed by atoms with Gasteiger partial charge in [0, 0.05) is 6.07 Å². The molecule has 28 heavy (non-hydrogen) atoms. The van der Waals surface area contributed by atoms with Crippen molar-refractivity contribution in [2.24, 2.45) is 0 Å². The average Bonchev–Trinajstić information content (AvgIpc) is 3.08. The highest BCUT2D eigenvalue weighted by atomic mass is 16.5. The van der Waals surface area contributed by atoms with Crippen molar-refractivity contribution in [1.82, 2.24) is 5.16 Å². The molecule has 2 saturated heterocycles. The molecule has 2 aliphatic heterocycles. The third-order valence-electron chi connectivity index (χ3n) is 5.10. The molecule has 9 nitrogen and oxygen atoms in total. The molecule has 2 fully saturated rings. The van der Waals surface area contributed by atoms with Crippen molar-refractivity contribution in [3.8, 4) is 0 Å². The second kappa shape index (κ2) is 8.15. The smallest absolute Gasteiger partial charge is 0.261 e. The predicted molar refractivity (Wildman–Crippen MR) is 103 cm³/mol. The van der Waals surface area contributed by atoms with Gasteiger partial charge in [-0.3, -0.25) is 14.6 Å². The Labute approximate surface area is 163 Å². The van der Waals surface area contributed by atoms with Crippen LogP contribution in [0.15, 0.2) is 16.7 Å². The number of hydrogen-bond acceptors (Lipinski definition) is 7. The molecule has 2 aromatic rings. The van der Waals surface area contributed by atoms with Crippen molar-refractivity contribution in [3.63, 3.8) is 0 Å². The summed E-state index contributed by atoms with van der Waals surface area (Å²) in [6.45, 7) is 9.45. The van der Waals surface area contributed by atoms with Crippen LogP contribution in [0.2, 0.25) is 0 Å². The predicted octanol–water partition coefficient (Wildman–Crippen LogP) is 1.03. The molecule has 150 valence electrons. The first-order chi connectivity index (χ1) is 13.6. The van der Waals surface area contributed by atoms with Gasteiger partial charge in [0.25, 0.3) is 5.91 Å². The standard InChI is InChI=1S/C19H25N5O4/c1-13-17(14(2)28-22-13)19(25)20-15-3-4-16(23-5-9-26-10-6-23)21-18(15)24-7-11-27-12-8-24/h3-4H,5-12H2,1-2H3,(H,20,25)/p+1. The number of carbonyl (C=O) groups excluding carboxylic acids is 1. The molecule has 4 rings (SSSR count). The Bertz CT molecular complexity index is 821. The van der Waals surface area contributed by atoms with Crippen LogP contribution in [0.3, 0.4) is 0 Å². The number of amides is 1. The number of aryl methyl sites for hydroxylation is 2. The van der Waals surface area contributed by atoms with Crippen LogP contribution < -0.4 is 20.1 Å². The number of nitrogens with one attached hydrogen (secondary N) is 2. The molecule has 0 bridgehead atoms. The fourth-order valence-corrected chi connectivity index (χ4v) is 3.59. The van der Waals surface area contributed by atoms with Crippen LogP contribution in [0.4, 0.5) is 17.3 Å². The minimum absolute atomic E-state index is 0.224. The van der Waals surface area contributed by atoms with Gasteiger partial charge in [-0.2, -0.15) is 0 Å². The number of aromatic amines is 1. The molecular weight excluding hydrogens is 362 g/mol. The van der Waals surface area contributed by atoms with Gasteiger partial charge in [0.2, 0.25) is 11.6 Å². The third-order valence-corrected chi connectivity index (χ3v) is 5.10. The first kappa shape index (κ1) is 18.7. The van der Waals surface area contributed by atoms with E-state index in [1.54, 1.807) is 13.8 Å². The molecule has 0 aromatic carbocycles. The van der Waals surface area contributed by atoms with Gasteiger partial charge in [-0.05, 0) is 19.9 Å². The lowest BCUT2D eigenvalue weighted by atomic mass is 10.2. The van der Waals surface area contributed by atoms with E-state index < -0.39 is 0 Å².